The number of aliphatic hydroxyl groups is 1. The average Bonchev–Trinajstić information content (AvgIpc) is 3.20. The molecule has 0 aliphatic carbocycles. The minimum absolute atomic E-state index is 0.0282. The highest BCUT2D eigenvalue weighted by molar-refractivity contribution is 5.92. The number of nitro benzene ring substituents is 1. The summed E-state index contributed by atoms with van der Waals surface area (Å²) in [5.41, 5.74) is 2.27. The number of nitrogens with one attached hydrogen (secondary N) is 1. The molecular formula is C23H28N2O5. The van der Waals surface area contributed by atoms with Gasteiger partial charge in [-0.3, -0.25) is 10.1 Å². The second-order valence-electron chi connectivity index (χ2n) is 7.42. The van der Waals surface area contributed by atoms with E-state index < -0.39 is 5.60 Å². The molecular weight excluding hydrogens is 384 g/mol. The summed E-state index contributed by atoms with van der Waals surface area (Å²) in [6.45, 7) is 5.07. The lowest BCUT2D eigenvalue weighted by atomic mass is 9.99. The van der Waals surface area contributed by atoms with Gasteiger partial charge in [-0.1, -0.05) is 44.2 Å². The van der Waals surface area contributed by atoms with E-state index >= 15 is 0 Å². The van der Waals surface area contributed by atoms with Crippen LogP contribution in [0.2, 0.25) is 0 Å². The van der Waals surface area contributed by atoms with E-state index in [2.05, 4.69) is 4.98 Å². The van der Waals surface area contributed by atoms with E-state index in [1.54, 1.807) is 6.07 Å². The first kappa shape index (κ1) is 22.0. The molecule has 0 aliphatic rings. The average molecular weight is 412 g/mol. The highest BCUT2D eigenvalue weighted by Gasteiger charge is 2.22. The molecule has 2 aromatic carbocycles. The quantitative estimate of drug-likeness (QED) is 0.267. The predicted molar refractivity (Wildman–Crippen MR) is 116 cm³/mol. The summed E-state index contributed by atoms with van der Waals surface area (Å²) in [4.78, 5) is 14.4. The third-order valence-electron chi connectivity index (χ3n) is 5.38. The van der Waals surface area contributed by atoms with Gasteiger partial charge >= 0.3 is 0 Å². The van der Waals surface area contributed by atoms with Crippen LogP contribution in [-0.2, 0) is 16.1 Å². The first-order valence-corrected chi connectivity index (χ1v) is 10.2. The van der Waals surface area contributed by atoms with Crippen molar-refractivity contribution in [1.29, 1.82) is 0 Å². The van der Waals surface area contributed by atoms with Crippen molar-refractivity contribution in [2.45, 2.75) is 38.9 Å². The van der Waals surface area contributed by atoms with E-state index in [9.17, 15) is 15.2 Å². The van der Waals surface area contributed by atoms with Gasteiger partial charge in [0.25, 0.3) is 5.69 Å². The standard InChI is InChI=1S/C23H28N2O5/c1-3-23(26,4-2)16-30-11-10-29-15-17-12-19-14-20(18-8-6-5-7-9-18)24-22(19)21(13-17)25(27)28/h5-9,12-14,24,26H,3-4,10-11,15-16H2,1-2H3. The number of aromatic nitrogens is 1. The SMILES string of the molecule is CCC(O)(CC)COCCOCc1cc([N+](=O)[O-])c2[nH]c(-c3ccccc3)cc2c1. The number of non-ortho nitro benzene ring substituents is 1. The Morgan fingerprint density at radius 1 is 1.07 bits per heavy atom. The van der Waals surface area contributed by atoms with Crippen molar-refractivity contribution >= 4 is 16.6 Å². The third-order valence-corrected chi connectivity index (χ3v) is 5.38. The molecule has 0 aliphatic heterocycles. The van der Waals surface area contributed by atoms with Crippen molar-refractivity contribution in [3.63, 3.8) is 0 Å². The van der Waals surface area contributed by atoms with Gasteiger partial charge in [-0.05, 0) is 36.1 Å². The van der Waals surface area contributed by atoms with E-state index in [1.807, 2.05) is 56.3 Å². The lowest BCUT2D eigenvalue weighted by molar-refractivity contribution is -0.383. The summed E-state index contributed by atoms with van der Waals surface area (Å²) >= 11 is 0. The van der Waals surface area contributed by atoms with Crippen molar-refractivity contribution in [2.24, 2.45) is 0 Å². The van der Waals surface area contributed by atoms with Crippen molar-refractivity contribution in [3.8, 4) is 11.3 Å². The second-order valence-corrected chi connectivity index (χ2v) is 7.42. The van der Waals surface area contributed by atoms with Gasteiger partial charge in [0.05, 0.1) is 37.0 Å². The fourth-order valence-electron chi connectivity index (χ4n) is 3.31. The molecule has 1 heterocycles. The maximum absolute atomic E-state index is 11.6. The Morgan fingerprint density at radius 3 is 2.43 bits per heavy atom. The van der Waals surface area contributed by atoms with E-state index in [4.69, 9.17) is 9.47 Å². The lowest BCUT2D eigenvalue weighted by Crippen LogP contribution is -2.33. The number of fused-ring (bicyclic) bond motifs is 1. The van der Waals surface area contributed by atoms with Crippen LogP contribution in [0.1, 0.15) is 32.3 Å². The Morgan fingerprint density at radius 2 is 1.77 bits per heavy atom. The Kier molecular flexibility index (Phi) is 7.20. The second kappa shape index (κ2) is 9.84. The molecule has 160 valence electrons. The van der Waals surface area contributed by atoms with Gasteiger partial charge in [0, 0.05) is 17.1 Å². The highest BCUT2D eigenvalue weighted by atomic mass is 16.6. The monoisotopic (exact) mass is 412 g/mol. The largest absolute Gasteiger partial charge is 0.388 e. The molecule has 0 saturated carbocycles. The van der Waals surface area contributed by atoms with Gasteiger partial charge in [0.1, 0.15) is 5.52 Å². The minimum Gasteiger partial charge on any atom is -0.388 e. The minimum atomic E-state index is -0.795. The Labute approximate surface area is 175 Å². The zero-order valence-electron chi connectivity index (χ0n) is 17.4. The third kappa shape index (κ3) is 5.24. The van der Waals surface area contributed by atoms with Gasteiger partial charge < -0.3 is 19.6 Å². The molecule has 0 spiro atoms. The maximum Gasteiger partial charge on any atom is 0.293 e. The highest BCUT2D eigenvalue weighted by Crippen LogP contribution is 2.31. The van der Waals surface area contributed by atoms with Gasteiger partial charge in [0.15, 0.2) is 0 Å². The van der Waals surface area contributed by atoms with Crippen LogP contribution in [-0.4, -0.2) is 40.4 Å². The molecule has 2 N–H and O–H groups in total. The molecule has 0 fully saturated rings. The number of aromatic amines is 1. The Balaban J connectivity index is 1.66. The summed E-state index contributed by atoms with van der Waals surface area (Å²) in [6.07, 6.45) is 1.27. The van der Waals surface area contributed by atoms with E-state index in [-0.39, 0.29) is 23.8 Å². The maximum atomic E-state index is 11.6. The first-order chi connectivity index (χ1) is 14.5. The fraction of sp³-hybridized carbons (Fsp3) is 0.391. The number of H-pyrrole nitrogens is 1. The molecule has 0 bridgehead atoms. The topological polar surface area (TPSA) is 97.6 Å². The first-order valence-electron chi connectivity index (χ1n) is 10.2. The van der Waals surface area contributed by atoms with Crippen LogP contribution in [0.15, 0.2) is 48.5 Å². The normalized spacial score (nSPS) is 11.8. The number of nitro groups is 1. The molecule has 0 unspecified atom stereocenters. The lowest BCUT2D eigenvalue weighted by Gasteiger charge is -2.24. The van der Waals surface area contributed by atoms with Crippen molar-refractivity contribution in [2.75, 3.05) is 19.8 Å². The molecule has 1 aromatic heterocycles. The number of hydrogen-bond acceptors (Lipinski definition) is 5. The zero-order chi connectivity index (χ0) is 21.6. The molecule has 30 heavy (non-hydrogen) atoms. The van der Waals surface area contributed by atoms with Crippen molar-refractivity contribution in [3.05, 3.63) is 64.2 Å². The molecule has 7 nitrogen and oxygen atoms in total. The summed E-state index contributed by atoms with van der Waals surface area (Å²) in [7, 11) is 0. The molecule has 7 heteroatoms. The van der Waals surface area contributed by atoms with Crippen LogP contribution in [0.25, 0.3) is 22.2 Å². The summed E-state index contributed by atoms with van der Waals surface area (Å²) < 4.78 is 11.2. The van der Waals surface area contributed by atoms with E-state index in [1.165, 1.54) is 0 Å². The van der Waals surface area contributed by atoms with Gasteiger partial charge in [-0.2, -0.15) is 0 Å². The Hall–Kier alpha value is -2.74. The number of rotatable bonds is 11. The van der Waals surface area contributed by atoms with Gasteiger partial charge in [0.2, 0.25) is 0 Å². The molecule has 0 atom stereocenters. The number of nitrogens with zero attached hydrogens (tertiary/aromatic N) is 1. The van der Waals surface area contributed by atoms with Gasteiger partial charge in [-0.25, -0.2) is 0 Å². The fourth-order valence-corrected chi connectivity index (χ4v) is 3.31. The predicted octanol–water partition coefficient (Wildman–Crippen LogP) is 4.83. The van der Waals surface area contributed by atoms with E-state index in [0.717, 1.165) is 22.2 Å². The molecule has 3 rings (SSSR count). The number of benzene rings is 2. The number of ether oxygens (including phenoxy) is 2. The molecule has 3 aromatic rings. The van der Waals surface area contributed by atoms with Crippen LogP contribution >= 0.6 is 0 Å². The van der Waals surface area contributed by atoms with Gasteiger partial charge in [-0.15, -0.1) is 0 Å². The summed E-state index contributed by atoms with van der Waals surface area (Å²) in [5, 5.41) is 22.6. The van der Waals surface area contributed by atoms with Crippen LogP contribution in [0.5, 0.6) is 0 Å². The smallest absolute Gasteiger partial charge is 0.293 e. The summed E-state index contributed by atoms with van der Waals surface area (Å²) in [6, 6.07) is 15.1. The van der Waals surface area contributed by atoms with Crippen LogP contribution < -0.4 is 0 Å². The van der Waals surface area contributed by atoms with Crippen LogP contribution in [0.4, 0.5) is 5.69 Å². The zero-order valence-corrected chi connectivity index (χ0v) is 17.4. The Bertz CT molecular complexity index is 980. The van der Waals surface area contributed by atoms with E-state index in [0.29, 0.717) is 31.6 Å². The van der Waals surface area contributed by atoms with Crippen molar-refractivity contribution in [1.82, 2.24) is 4.98 Å². The van der Waals surface area contributed by atoms with Crippen LogP contribution in [0, 0.1) is 10.1 Å². The van der Waals surface area contributed by atoms with Crippen LogP contribution in [0.3, 0.4) is 0 Å². The molecule has 0 amide bonds. The molecule has 0 radical (unpaired) electrons. The molecule has 0 saturated heterocycles. The number of hydrogen-bond donors (Lipinski definition) is 2. The summed E-state index contributed by atoms with van der Waals surface area (Å²) in [5.74, 6) is 0. The van der Waals surface area contributed by atoms with Crippen molar-refractivity contribution < 1.29 is 19.5 Å².